The Balaban J connectivity index is 5.25. The van der Waals surface area contributed by atoms with Gasteiger partial charge in [0.15, 0.2) is 12.2 Å². The molecule has 17 nitrogen and oxygen atoms in total. The molecule has 0 aromatic rings. The van der Waals surface area contributed by atoms with E-state index >= 15 is 0 Å². The Morgan fingerprint density at radius 1 is 0.278 bits per heavy atom. The molecule has 5 atom stereocenters. The summed E-state index contributed by atoms with van der Waals surface area (Å²) >= 11 is 0. The van der Waals surface area contributed by atoms with Crippen LogP contribution in [0.5, 0.6) is 0 Å². The van der Waals surface area contributed by atoms with E-state index in [0.29, 0.717) is 25.7 Å². The number of carbonyl (C=O) groups is 4. The van der Waals surface area contributed by atoms with Gasteiger partial charge in [-0.1, -0.05) is 350 Å². The Morgan fingerprint density at radius 3 is 0.701 bits per heavy atom. The van der Waals surface area contributed by atoms with Gasteiger partial charge in [0, 0.05) is 25.7 Å². The van der Waals surface area contributed by atoms with Gasteiger partial charge in [0.1, 0.15) is 19.3 Å². The van der Waals surface area contributed by atoms with Gasteiger partial charge in [-0.15, -0.1) is 0 Å². The molecule has 0 heterocycles. The summed E-state index contributed by atoms with van der Waals surface area (Å²) in [7, 11) is -9.92. The fraction of sp³-hybridized carbons (Fsp3) is 0.949. The van der Waals surface area contributed by atoms with Gasteiger partial charge < -0.3 is 33.8 Å². The van der Waals surface area contributed by atoms with Crippen LogP contribution in [-0.2, 0) is 65.4 Å². The van der Waals surface area contributed by atoms with Crippen molar-refractivity contribution < 1.29 is 80.2 Å². The maximum absolute atomic E-state index is 13.1. The van der Waals surface area contributed by atoms with Crippen LogP contribution in [0.25, 0.3) is 0 Å². The average Bonchev–Trinajstić information content (AvgIpc) is 1.92. The summed E-state index contributed by atoms with van der Waals surface area (Å²) in [4.78, 5) is 72.9. The Morgan fingerprint density at radius 2 is 0.474 bits per heavy atom. The van der Waals surface area contributed by atoms with Gasteiger partial charge in [-0.2, -0.15) is 0 Å². The number of rotatable bonds is 76. The molecule has 0 spiro atoms. The first-order chi connectivity index (χ1) is 46.7. The number of phosphoric ester groups is 2. The number of phosphoric acid groups is 2. The van der Waals surface area contributed by atoms with Crippen molar-refractivity contribution in [3.63, 3.8) is 0 Å². The molecule has 97 heavy (non-hydrogen) atoms. The van der Waals surface area contributed by atoms with Gasteiger partial charge >= 0.3 is 39.5 Å². The van der Waals surface area contributed by atoms with Gasteiger partial charge in [-0.05, 0) is 43.4 Å². The molecule has 19 heteroatoms. The molecule has 0 amide bonds. The molecule has 0 bridgehead atoms. The summed E-state index contributed by atoms with van der Waals surface area (Å²) in [6, 6.07) is 0. The van der Waals surface area contributed by atoms with E-state index in [2.05, 4.69) is 48.5 Å². The van der Waals surface area contributed by atoms with Gasteiger partial charge in [0.2, 0.25) is 0 Å². The van der Waals surface area contributed by atoms with Gasteiger partial charge in [-0.25, -0.2) is 9.13 Å². The molecule has 576 valence electrons. The van der Waals surface area contributed by atoms with E-state index in [1.807, 2.05) is 0 Å². The lowest BCUT2D eigenvalue weighted by molar-refractivity contribution is -0.161. The van der Waals surface area contributed by atoms with Crippen LogP contribution in [0.1, 0.15) is 402 Å². The second-order valence-corrected chi connectivity index (χ2v) is 32.4. The monoisotopic (exact) mass is 1420 g/mol. The number of hydrogen-bond donors (Lipinski definition) is 3. The molecule has 0 fully saturated rings. The van der Waals surface area contributed by atoms with Gasteiger partial charge in [0.05, 0.1) is 26.4 Å². The maximum Gasteiger partial charge on any atom is 0.472 e. The number of carbonyl (C=O) groups excluding carboxylic acids is 4. The highest BCUT2D eigenvalue weighted by molar-refractivity contribution is 7.47. The topological polar surface area (TPSA) is 237 Å². The molecule has 0 rings (SSSR count). The molecule has 0 aromatic heterocycles. The Hall–Kier alpha value is -1.94. The molecule has 0 aromatic carbocycles. The fourth-order valence-electron chi connectivity index (χ4n) is 12.0. The summed E-state index contributed by atoms with van der Waals surface area (Å²) in [6.45, 7) is 11.9. The molecular weight excluding hydrogens is 1270 g/mol. The molecule has 0 saturated carbocycles. The third kappa shape index (κ3) is 72.2. The number of aliphatic hydroxyl groups is 1. The molecule has 0 aliphatic carbocycles. The smallest absolute Gasteiger partial charge is 0.462 e. The van der Waals surface area contributed by atoms with Crippen LogP contribution in [0.2, 0.25) is 0 Å². The van der Waals surface area contributed by atoms with E-state index in [9.17, 15) is 43.2 Å². The minimum atomic E-state index is -4.96. The van der Waals surface area contributed by atoms with Crippen LogP contribution in [0, 0.1) is 17.8 Å². The van der Waals surface area contributed by atoms with Crippen LogP contribution in [0.3, 0.4) is 0 Å². The van der Waals surface area contributed by atoms with Crippen LogP contribution in [-0.4, -0.2) is 96.7 Å². The summed E-state index contributed by atoms with van der Waals surface area (Å²) in [5.41, 5.74) is 0. The van der Waals surface area contributed by atoms with Crippen molar-refractivity contribution in [1.82, 2.24) is 0 Å². The standard InChI is InChI=1S/C78H152O17P2/c1-8-9-10-11-12-13-14-19-23-32-40-47-54-61-77(82)95-74(66-89-76(81)60-53-46-39-34-27-30-37-44-51-58-71(6)7)68-93-97(86,87)91-64-72(79)63-90-96(84,85)92-67-73(65-88-75(80)59-52-45-38-31-26-25-29-36-43-50-57-70(4)5)94-78(83)62-55-48-41-33-24-21-18-16-15-17-20-22-28-35-42-49-56-69(2)3/h69-74,79H,8-68H2,1-7H3,(H,84,85)(H,86,87)/t72-,73-,74-/m1/s1. The fourth-order valence-corrected chi connectivity index (χ4v) is 13.5. The first-order valence-electron chi connectivity index (χ1n) is 40.3. The van der Waals surface area contributed by atoms with Crippen LogP contribution >= 0.6 is 15.6 Å². The minimum Gasteiger partial charge on any atom is -0.462 e. The summed E-state index contributed by atoms with van der Waals surface area (Å²) in [5.74, 6) is 0.198. The molecule has 0 aliphatic rings. The highest BCUT2D eigenvalue weighted by Crippen LogP contribution is 2.45. The van der Waals surface area contributed by atoms with Crippen LogP contribution in [0.15, 0.2) is 0 Å². The number of unbranched alkanes of at least 4 members (excludes halogenated alkanes) is 44. The van der Waals surface area contributed by atoms with Crippen molar-refractivity contribution >= 4 is 39.5 Å². The molecular formula is C78H152O17P2. The number of esters is 4. The van der Waals surface area contributed by atoms with E-state index in [0.717, 1.165) is 108 Å². The highest BCUT2D eigenvalue weighted by atomic mass is 31.2. The van der Waals surface area contributed by atoms with Gasteiger partial charge in [-0.3, -0.25) is 37.3 Å². The van der Waals surface area contributed by atoms with Crippen molar-refractivity contribution in [2.45, 2.75) is 420 Å². The normalized spacial score (nSPS) is 14.0. The van der Waals surface area contributed by atoms with Crippen molar-refractivity contribution in [2.75, 3.05) is 39.6 Å². The maximum atomic E-state index is 13.1. The van der Waals surface area contributed by atoms with E-state index in [-0.39, 0.29) is 25.7 Å². The zero-order valence-electron chi connectivity index (χ0n) is 63.5. The average molecular weight is 1420 g/mol. The quantitative estimate of drug-likeness (QED) is 0.0222. The SMILES string of the molecule is CCCCCCCCCCCCCCCC(=O)O[C@H](COC(=O)CCCCCCCCCCCC(C)C)COP(=O)(O)OC[C@H](O)COP(=O)(O)OC[C@@H](COC(=O)CCCCCCCCCCCCC(C)C)OC(=O)CCCCCCCCCCCCCCCCCCC(C)C. The summed E-state index contributed by atoms with van der Waals surface area (Å²) in [5, 5.41) is 10.6. The van der Waals surface area contributed by atoms with Crippen molar-refractivity contribution in [3.05, 3.63) is 0 Å². The number of aliphatic hydroxyl groups excluding tert-OH is 1. The summed E-state index contributed by atoms with van der Waals surface area (Å²) in [6.07, 6.45) is 55.4. The largest absolute Gasteiger partial charge is 0.472 e. The lowest BCUT2D eigenvalue weighted by Crippen LogP contribution is -2.30. The molecule has 3 N–H and O–H groups in total. The third-order valence-corrected chi connectivity index (χ3v) is 20.0. The zero-order valence-corrected chi connectivity index (χ0v) is 65.3. The first-order valence-corrected chi connectivity index (χ1v) is 43.3. The lowest BCUT2D eigenvalue weighted by Gasteiger charge is -2.21. The molecule has 0 saturated heterocycles. The van der Waals surface area contributed by atoms with Crippen LogP contribution < -0.4 is 0 Å². The molecule has 0 radical (unpaired) electrons. The van der Waals surface area contributed by atoms with E-state index < -0.39 is 97.5 Å². The minimum absolute atomic E-state index is 0.107. The number of hydrogen-bond acceptors (Lipinski definition) is 15. The predicted molar refractivity (Wildman–Crippen MR) is 395 cm³/mol. The zero-order chi connectivity index (χ0) is 71.6. The van der Waals surface area contributed by atoms with E-state index in [1.54, 1.807) is 0 Å². The van der Waals surface area contributed by atoms with Crippen molar-refractivity contribution in [3.8, 4) is 0 Å². The Labute approximate surface area is 594 Å². The molecule has 0 aliphatic heterocycles. The second-order valence-electron chi connectivity index (χ2n) is 29.5. The highest BCUT2D eigenvalue weighted by Gasteiger charge is 2.30. The predicted octanol–water partition coefficient (Wildman–Crippen LogP) is 23.0. The van der Waals surface area contributed by atoms with E-state index in [4.69, 9.17) is 37.0 Å². The van der Waals surface area contributed by atoms with Gasteiger partial charge in [0.25, 0.3) is 0 Å². The van der Waals surface area contributed by atoms with Crippen molar-refractivity contribution in [2.24, 2.45) is 17.8 Å². The first kappa shape index (κ1) is 95.1. The third-order valence-electron chi connectivity index (χ3n) is 18.1. The van der Waals surface area contributed by atoms with Crippen molar-refractivity contribution in [1.29, 1.82) is 0 Å². The second kappa shape index (κ2) is 68.5. The van der Waals surface area contributed by atoms with E-state index in [1.165, 1.54) is 212 Å². The number of ether oxygens (including phenoxy) is 4. The van der Waals surface area contributed by atoms with Crippen LogP contribution in [0.4, 0.5) is 0 Å². The Kier molecular flexibility index (Phi) is 67.1. The molecule has 2 unspecified atom stereocenters. The lowest BCUT2D eigenvalue weighted by atomic mass is 10.0. The summed E-state index contributed by atoms with van der Waals surface area (Å²) < 4.78 is 68.6. The Bertz CT molecular complexity index is 1890.